The Morgan fingerprint density at radius 3 is 1.96 bits per heavy atom. The Hall–Kier alpha value is 0.220. The van der Waals surface area contributed by atoms with E-state index in [0.717, 1.165) is 35.5 Å². The summed E-state index contributed by atoms with van der Waals surface area (Å²) < 4.78 is 14.5. The Labute approximate surface area is 145 Å². The predicted octanol–water partition coefficient (Wildman–Crippen LogP) is 6.36. The van der Waals surface area contributed by atoms with Crippen molar-refractivity contribution in [2.45, 2.75) is 89.1 Å². The van der Waals surface area contributed by atoms with E-state index in [-0.39, 0.29) is 0 Å². The van der Waals surface area contributed by atoms with E-state index in [1.54, 1.807) is 0 Å². The van der Waals surface area contributed by atoms with Crippen LogP contribution in [-0.4, -0.2) is 11.5 Å². The molecule has 0 heterocycles. The average molecular weight is 339 g/mol. The molecule has 23 heavy (non-hydrogen) atoms. The number of fused-ring (bicyclic) bond motifs is 5. The van der Waals surface area contributed by atoms with Crippen LogP contribution in [0, 0.1) is 40.4 Å². The van der Waals surface area contributed by atoms with Crippen molar-refractivity contribution in [3.05, 3.63) is 0 Å². The standard InChI is InChI=1S/C21H32ClF/c1-13-2-3-16(17(23)12-13)14-4-8-20(9-5-14)18-19(20)21(18)10-6-15(22)7-11-21/h13-19H,2-12H2,1H3. The van der Waals surface area contributed by atoms with Crippen LogP contribution in [0.5, 0.6) is 0 Å². The van der Waals surface area contributed by atoms with E-state index >= 15 is 0 Å². The first-order valence-corrected chi connectivity index (χ1v) is 10.8. The summed E-state index contributed by atoms with van der Waals surface area (Å²) in [6, 6.07) is 0. The first-order valence-electron chi connectivity index (χ1n) is 10.3. The molecule has 2 spiro atoms. The molecular weight excluding hydrogens is 307 g/mol. The van der Waals surface area contributed by atoms with Gasteiger partial charge in [-0.25, -0.2) is 4.39 Å². The summed E-state index contributed by atoms with van der Waals surface area (Å²) in [5.74, 6) is 3.85. The second-order valence-corrected chi connectivity index (χ2v) is 10.6. The van der Waals surface area contributed by atoms with Gasteiger partial charge in [-0.1, -0.05) is 13.3 Å². The molecular formula is C21H32ClF. The van der Waals surface area contributed by atoms with Crippen molar-refractivity contribution in [3.63, 3.8) is 0 Å². The molecule has 5 saturated carbocycles. The lowest BCUT2D eigenvalue weighted by Crippen LogP contribution is -2.38. The molecule has 0 N–H and O–H groups in total. The smallest absolute Gasteiger partial charge is 0.103 e. The van der Waals surface area contributed by atoms with Crippen molar-refractivity contribution in [2.75, 3.05) is 0 Å². The topological polar surface area (TPSA) is 0 Å². The maximum absolute atomic E-state index is 14.5. The van der Waals surface area contributed by atoms with Crippen LogP contribution < -0.4 is 0 Å². The normalized spacial score (nSPS) is 61.4. The van der Waals surface area contributed by atoms with E-state index in [9.17, 15) is 4.39 Å². The van der Waals surface area contributed by atoms with Crippen molar-refractivity contribution in [1.29, 1.82) is 0 Å². The van der Waals surface area contributed by atoms with Crippen LogP contribution in [0.3, 0.4) is 0 Å². The minimum Gasteiger partial charge on any atom is -0.247 e. The fourth-order valence-corrected chi connectivity index (χ4v) is 8.09. The highest BCUT2D eigenvalue weighted by atomic mass is 35.5. The van der Waals surface area contributed by atoms with Crippen LogP contribution in [0.1, 0.15) is 77.6 Å². The molecule has 0 saturated heterocycles. The summed E-state index contributed by atoms with van der Waals surface area (Å²) >= 11 is 6.31. The van der Waals surface area contributed by atoms with Crippen molar-refractivity contribution >= 4 is 11.6 Å². The van der Waals surface area contributed by atoms with Gasteiger partial charge in [0.2, 0.25) is 0 Å². The van der Waals surface area contributed by atoms with E-state index < -0.39 is 6.17 Å². The highest BCUT2D eigenvalue weighted by molar-refractivity contribution is 6.20. The lowest BCUT2D eigenvalue weighted by Gasteiger charge is -2.45. The molecule has 5 aliphatic carbocycles. The van der Waals surface area contributed by atoms with Gasteiger partial charge in [0.15, 0.2) is 0 Å². The van der Waals surface area contributed by atoms with Crippen LogP contribution in [0.15, 0.2) is 0 Å². The zero-order valence-corrected chi connectivity index (χ0v) is 15.3. The molecule has 0 nitrogen and oxygen atoms in total. The van der Waals surface area contributed by atoms with Crippen LogP contribution in [0.2, 0.25) is 0 Å². The van der Waals surface area contributed by atoms with Crippen LogP contribution >= 0.6 is 11.6 Å². The van der Waals surface area contributed by atoms with Crippen molar-refractivity contribution in [3.8, 4) is 0 Å². The van der Waals surface area contributed by atoms with Gasteiger partial charge < -0.3 is 0 Å². The second kappa shape index (κ2) is 5.12. The quantitative estimate of drug-likeness (QED) is 0.487. The predicted molar refractivity (Wildman–Crippen MR) is 93.3 cm³/mol. The Morgan fingerprint density at radius 2 is 1.39 bits per heavy atom. The van der Waals surface area contributed by atoms with Gasteiger partial charge in [0.1, 0.15) is 6.17 Å². The van der Waals surface area contributed by atoms with Gasteiger partial charge in [-0.2, -0.15) is 0 Å². The molecule has 2 heteroatoms. The van der Waals surface area contributed by atoms with E-state index in [1.165, 1.54) is 57.8 Å². The van der Waals surface area contributed by atoms with Gasteiger partial charge >= 0.3 is 0 Å². The lowest BCUT2D eigenvalue weighted by molar-refractivity contribution is 0.0298. The van der Waals surface area contributed by atoms with Crippen LogP contribution in [-0.2, 0) is 0 Å². The fourth-order valence-electron chi connectivity index (χ4n) is 7.87. The van der Waals surface area contributed by atoms with E-state index in [1.807, 2.05) is 0 Å². The third-order valence-corrected chi connectivity index (χ3v) is 9.53. The number of hydrogen-bond acceptors (Lipinski definition) is 0. The average Bonchev–Trinajstić information content (AvgIpc) is 3.41. The largest absolute Gasteiger partial charge is 0.247 e. The molecule has 0 amide bonds. The first kappa shape index (κ1) is 15.5. The molecule has 0 aliphatic heterocycles. The molecule has 5 aliphatic rings. The van der Waals surface area contributed by atoms with E-state index in [0.29, 0.717) is 23.1 Å². The summed E-state index contributed by atoms with van der Waals surface area (Å²) in [6.07, 6.45) is 13.6. The fraction of sp³-hybridized carbons (Fsp3) is 1.00. The molecule has 0 aromatic rings. The summed E-state index contributed by atoms with van der Waals surface area (Å²) in [4.78, 5) is 0. The number of alkyl halides is 2. The molecule has 5 atom stereocenters. The molecule has 5 unspecified atom stereocenters. The molecule has 0 bridgehead atoms. The Bertz CT molecular complexity index is 458. The van der Waals surface area contributed by atoms with Gasteiger partial charge in [-0.15, -0.1) is 11.6 Å². The number of rotatable bonds is 1. The Kier molecular flexibility index (Phi) is 3.44. The third kappa shape index (κ3) is 2.14. The molecule has 5 fully saturated rings. The number of hydrogen-bond donors (Lipinski definition) is 0. The van der Waals surface area contributed by atoms with Crippen LogP contribution in [0.4, 0.5) is 4.39 Å². The minimum atomic E-state index is -0.503. The maximum atomic E-state index is 14.5. The van der Waals surface area contributed by atoms with Crippen LogP contribution in [0.25, 0.3) is 0 Å². The Balaban J connectivity index is 1.17. The van der Waals surface area contributed by atoms with Crippen molar-refractivity contribution in [1.82, 2.24) is 0 Å². The summed E-state index contributed by atoms with van der Waals surface area (Å²) in [5.41, 5.74) is 1.49. The summed E-state index contributed by atoms with van der Waals surface area (Å²) in [6.45, 7) is 2.23. The zero-order valence-electron chi connectivity index (χ0n) is 14.6. The monoisotopic (exact) mass is 338 g/mol. The molecule has 0 radical (unpaired) electrons. The van der Waals surface area contributed by atoms with Gasteiger partial charge in [0.05, 0.1) is 0 Å². The lowest BCUT2D eigenvalue weighted by atomic mass is 9.61. The van der Waals surface area contributed by atoms with Crippen molar-refractivity contribution in [2.24, 2.45) is 40.4 Å². The summed E-state index contributed by atoms with van der Waals surface area (Å²) in [7, 11) is 0. The SMILES string of the molecule is CC1CCC(C2CCC3(CC2)C2C3C23CCC(Cl)CC3)C(F)C1. The molecule has 0 aromatic carbocycles. The van der Waals surface area contributed by atoms with E-state index in [4.69, 9.17) is 11.6 Å². The van der Waals surface area contributed by atoms with Gasteiger partial charge in [0.25, 0.3) is 0 Å². The van der Waals surface area contributed by atoms with Gasteiger partial charge in [-0.3, -0.25) is 0 Å². The Morgan fingerprint density at radius 1 is 0.826 bits per heavy atom. The maximum Gasteiger partial charge on any atom is 0.103 e. The molecule has 0 aromatic heterocycles. The van der Waals surface area contributed by atoms with E-state index in [2.05, 4.69) is 6.92 Å². The zero-order chi connectivity index (χ0) is 15.8. The number of halogens is 2. The minimum absolute atomic E-state index is 0.402. The molecule has 130 valence electrons. The third-order valence-electron chi connectivity index (χ3n) is 9.09. The van der Waals surface area contributed by atoms with Gasteiger partial charge in [-0.05, 0) is 105 Å². The summed E-state index contributed by atoms with van der Waals surface area (Å²) in [5, 5.41) is 0.461. The highest BCUT2D eigenvalue weighted by Gasteiger charge is 2.89. The van der Waals surface area contributed by atoms with Gasteiger partial charge in [0, 0.05) is 5.38 Å². The molecule has 5 rings (SSSR count). The van der Waals surface area contributed by atoms with Crippen molar-refractivity contribution < 1.29 is 4.39 Å². The second-order valence-electron chi connectivity index (χ2n) is 10.0. The highest BCUT2D eigenvalue weighted by Crippen LogP contribution is 2.94. The first-order chi connectivity index (χ1) is 11.1.